The Labute approximate surface area is 167 Å². The van der Waals surface area contributed by atoms with Gasteiger partial charge < -0.3 is 19.5 Å². The van der Waals surface area contributed by atoms with Crippen LogP contribution in [0.4, 0.5) is 5.69 Å². The van der Waals surface area contributed by atoms with Crippen molar-refractivity contribution in [3.8, 4) is 17.2 Å². The van der Waals surface area contributed by atoms with Crippen molar-refractivity contribution in [2.24, 2.45) is 0 Å². The van der Waals surface area contributed by atoms with Crippen molar-refractivity contribution in [2.45, 2.75) is 0 Å². The SMILES string of the molecule is COc1ccc(Cl)cc1NC1=C(c2ccc(OC)c(OC)c2)C(=O)N(C)C1=O. The summed E-state index contributed by atoms with van der Waals surface area (Å²) in [5.74, 6) is 0.556. The molecular formula is C20H19ClN2O5. The Hall–Kier alpha value is -3.19. The number of carbonyl (C=O) groups excluding carboxylic acids is 2. The lowest BCUT2D eigenvalue weighted by Gasteiger charge is -2.13. The van der Waals surface area contributed by atoms with Crippen LogP contribution in [0.15, 0.2) is 42.1 Å². The second kappa shape index (κ2) is 7.82. The molecule has 0 radical (unpaired) electrons. The van der Waals surface area contributed by atoms with E-state index in [-0.39, 0.29) is 11.3 Å². The number of amides is 2. The molecule has 0 aromatic heterocycles. The molecule has 2 aromatic rings. The Bertz CT molecular complexity index is 987. The largest absolute Gasteiger partial charge is 0.495 e. The average Bonchev–Trinajstić information content (AvgIpc) is 2.91. The summed E-state index contributed by atoms with van der Waals surface area (Å²) in [6, 6.07) is 9.98. The number of halogens is 1. The van der Waals surface area contributed by atoms with Gasteiger partial charge in [-0.3, -0.25) is 14.5 Å². The first-order valence-electron chi connectivity index (χ1n) is 8.30. The highest BCUT2D eigenvalue weighted by Crippen LogP contribution is 2.37. The number of nitrogens with one attached hydrogen (secondary N) is 1. The van der Waals surface area contributed by atoms with Crippen LogP contribution in [0.1, 0.15) is 5.56 Å². The Morgan fingerprint density at radius 3 is 2.14 bits per heavy atom. The van der Waals surface area contributed by atoms with Gasteiger partial charge in [-0.25, -0.2) is 0 Å². The fraction of sp³-hybridized carbons (Fsp3) is 0.200. The fourth-order valence-electron chi connectivity index (χ4n) is 2.93. The monoisotopic (exact) mass is 402 g/mol. The zero-order valence-electron chi connectivity index (χ0n) is 15.8. The number of benzene rings is 2. The highest BCUT2D eigenvalue weighted by Gasteiger charge is 2.37. The number of likely N-dealkylation sites (N-methyl/N-ethyl adjacent to an activating group) is 1. The predicted octanol–water partition coefficient (Wildman–Crippen LogP) is 3.19. The molecule has 0 atom stereocenters. The summed E-state index contributed by atoms with van der Waals surface area (Å²) in [4.78, 5) is 26.5. The van der Waals surface area contributed by atoms with Crippen LogP contribution in [0.5, 0.6) is 17.2 Å². The molecule has 0 unspecified atom stereocenters. The molecule has 8 heteroatoms. The van der Waals surface area contributed by atoms with E-state index in [0.717, 1.165) is 4.90 Å². The second-order valence-electron chi connectivity index (χ2n) is 5.96. The summed E-state index contributed by atoms with van der Waals surface area (Å²) in [6.07, 6.45) is 0. The molecule has 28 heavy (non-hydrogen) atoms. The molecule has 0 aliphatic carbocycles. The lowest BCUT2D eigenvalue weighted by Crippen LogP contribution is -2.28. The van der Waals surface area contributed by atoms with E-state index in [1.54, 1.807) is 36.4 Å². The first kappa shape index (κ1) is 19.6. The maximum Gasteiger partial charge on any atom is 0.277 e. The molecule has 0 saturated carbocycles. The number of carbonyl (C=O) groups is 2. The molecule has 0 fully saturated rings. The van der Waals surface area contributed by atoms with Crippen molar-refractivity contribution in [3.05, 3.63) is 52.7 Å². The van der Waals surface area contributed by atoms with Gasteiger partial charge in [0.1, 0.15) is 11.4 Å². The van der Waals surface area contributed by atoms with Gasteiger partial charge in [-0.05, 0) is 35.9 Å². The molecule has 0 spiro atoms. The van der Waals surface area contributed by atoms with E-state index in [2.05, 4.69) is 5.32 Å². The van der Waals surface area contributed by atoms with Crippen molar-refractivity contribution in [1.29, 1.82) is 0 Å². The van der Waals surface area contributed by atoms with Crippen molar-refractivity contribution >= 4 is 34.7 Å². The highest BCUT2D eigenvalue weighted by molar-refractivity contribution is 6.36. The van der Waals surface area contributed by atoms with Crippen molar-refractivity contribution in [2.75, 3.05) is 33.7 Å². The third kappa shape index (κ3) is 3.36. The van der Waals surface area contributed by atoms with Gasteiger partial charge in [-0.2, -0.15) is 0 Å². The van der Waals surface area contributed by atoms with E-state index in [1.165, 1.54) is 28.4 Å². The quantitative estimate of drug-likeness (QED) is 0.748. The van der Waals surface area contributed by atoms with E-state index < -0.39 is 11.8 Å². The summed E-state index contributed by atoms with van der Waals surface area (Å²) in [7, 11) is 5.95. The number of rotatable bonds is 6. The van der Waals surface area contributed by atoms with Crippen LogP contribution in [-0.4, -0.2) is 45.1 Å². The molecule has 1 heterocycles. The molecule has 3 rings (SSSR count). The standard InChI is InChI=1S/C20H19ClN2O5/c1-23-19(24)17(11-5-7-15(27-3)16(9-11)28-4)18(20(23)25)22-13-10-12(21)6-8-14(13)26-2/h5-10,22H,1-4H3. The van der Waals surface area contributed by atoms with Crippen molar-refractivity contribution in [1.82, 2.24) is 4.90 Å². The van der Waals surface area contributed by atoms with E-state index in [9.17, 15) is 9.59 Å². The van der Waals surface area contributed by atoms with Crippen LogP contribution in [0.2, 0.25) is 5.02 Å². The van der Waals surface area contributed by atoms with Crippen LogP contribution < -0.4 is 19.5 Å². The van der Waals surface area contributed by atoms with Crippen LogP contribution >= 0.6 is 11.6 Å². The summed E-state index contributed by atoms with van der Waals surface area (Å²) in [6.45, 7) is 0. The molecule has 1 aliphatic rings. The number of nitrogens with zero attached hydrogens (tertiary/aromatic N) is 1. The number of methoxy groups -OCH3 is 3. The van der Waals surface area contributed by atoms with Gasteiger partial charge in [0.2, 0.25) is 0 Å². The van der Waals surface area contributed by atoms with E-state index in [0.29, 0.717) is 33.5 Å². The van der Waals surface area contributed by atoms with Crippen LogP contribution in [0.3, 0.4) is 0 Å². The normalized spacial score (nSPS) is 13.8. The molecule has 146 valence electrons. The van der Waals surface area contributed by atoms with E-state index in [4.69, 9.17) is 25.8 Å². The zero-order valence-corrected chi connectivity index (χ0v) is 16.6. The van der Waals surface area contributed by atoms with Gasteiger partial charge in [-0.15, -0.1) is 0 Å². The summed E-state index contributed by atoms with van der Waals surface area (Å²) in [5, 5.41) is 3.47. The van der Waals surface area contributed by atoms with Crippen LogP contribution in [0, 0.1) is 0 Å². The zero-order chi connectivity index (χ0) is 20.4. The minimum absolute atomic E-state index is 0.125. The Morgan fingerprint density at radius 1 is 0.857 bits per heavy atom. The van der Waals surface area contributed by atoms with Crippen LogP contribution in [-0.2, 0) is 9.59 Å². The number of imide groups is 1. The second-order valence-corrected chi connectivity index (χ2v) is 6.40. The van der Waals surface area contributed by atoms with Crippen LogP contribution in [0.25, 0.3) is 5.57 Å². The third-order valence-electron chi connectivity index (χ3n) is 4.38. The summed E-state index contributed by atoms with van der Waals surface area (Å²) < 4.78 is 15.9. The maximum atomic E-state index is 12.8. The first-order valence-corrected chi connectivity index (χ1v) is 8.68. The smallest absolute Gasteiger partial charge is 0.277 e. The number of anilines is 1. The molecule has 2 aromatic carbocycles. The van der Waals surface area contributed by atoms with E-state index >= 15 is 0 Å². The summed E-state index contributed by atoms with van der Waals surface area (Å²) >= 11 is 6.08. The van der Waals surface area contributed by atoms with Crippen molar-refractivity contribution < 1.29 is 23.8 Å². The van der Waals surface area contributed by atoms with Crippen molar-refractivity contribution in [3.63, 3.8) is 0 Å². The topological polar surface area (TPSA) is 77.1 Å². The Kier molecular flexibility index (Phi) is 5.46. The van der Waals surface area contributed by atoms with Gasteiger partial charge in [0.15, 0.2) is 11.5 Å². The number of ether oxygens (including phenoxy) is 3. The lowest BCUT2D eigenvalue weighted by molar-refractivity contribution is -0.135. The lowest BCUT2D eigenvalue weighted by atomic mass is 10.0. The maximum absolute atomic E-state index is 12.8. The minimum Gasteiger partial charge on any atom is -0.495 e. The number of hydrogen-bond donors (Lipinski definition) is 1. The molecule has 1 aliphatic heterocycles. The van der Waals surface area contributed by atoms with Gasteiger partial charge in [0.25, 0.3) is 11.8 Å². The first-order chi connectivity index (χ1) is 13.4. The van der Waals surface area contributed by atoms with Gasteiger partial charge in [0.05, 0.1) is 32.6 Å². The molecule has 1 N–H and O–H groups in total. The van der Waals surface area contributed by atoms with Gasteiger partial charge in [0, 0.05) is 12.1 Å². The minimum atomic E-state index is -0.461. The Morgan fingerprint density at radius 2 is 1.50 bits per heavy atom. The van der Waals surface area contributed by atoms with Gasteiger partial charge >= 0.3 is 0 Å². The predicted molar refractivity (Wildman–Crippen MR) is 106 cm³/mol. The average molecular weight is 403 g/mol. The molecule has 2 amide bonds. The molecular weight excluding hydrogens is 384 g/mol. The Balaban J connectivity index is 2.15. The van der Waals surface area contributed by atoms with E-state index in [1.807, 2.05) is 0 Å². The molecule has 0 bridgehead atoms. The third-order valence-corrected chi connectivity index (χ3v) is 4.62. The number of hydrogen-bond acceptors (Lipinski definition) is 6. The molecule has 0 saturated heterocycles. The molecule has 7 nitrogen and oxygen atoms in total. The van der Waals surface area contributed by atoms with Gasteiger partial charge in [-0.1, -0.05) is 17.7 Å². The highest BCUT2D eigenvalue weighted by atomic mass is 35.5. The summed E-state index contributed by atoms with van der Waals surface area (Å²) in [5.41, 5.74) is 1.33. The fourth-order valence-corrected chi connectivity index (χ4v) is 3.10.